The molecule has 1 saturated heterocycles. The van der Waals surface area contributed by atoms with Gasteiger partial charge < -0.3 is 19.3 Å². The molecule has 4 heteroatoms. The van der Waals surface area contributed by atoms with Crippen LogP contribution in [0.25, 0.3) is 0 Å². The first-order valence-corrected chi connectivity index (χ1v) is 4.73. The van der Waals surface area contributed by atoms with E-state index in [4.69, 9.17) is 19.3 Å². The second kappa shape index (κ2) is 6.32. The van der Waals surface area contributed by atoms with Gasteiger partial charge in [0.1, 0.15) is 6.10 Å². The smallest absolute Gasteiger partial charge is 0.157 e. The van der Waals surface area contributed by atoms with Crippen LogP contribution in [0.5, 0.6) is 0 Å². The van der Waals surface area contributed by atoms with Gasteiger partial charge in [0.2, 0.25) is 0 Å². The zero-order chi connectivity index (χ0) is 9.52. The van der Waals surface area contributed by atoms with Crippen LogP contribution in [-0.4, -0.2) is 44.4 Å². The molecule has 0 saturated carbocycles. The van der Waals surface area contributed by atoms with Gasteiger partial charge in [-0.3, -0.25) is 0 Å². The minimum Gasteiger partial charge on any atom is -0.394 e. The maximum absolute atomic E-state index is 8.81. The summed E-state index contributed by atoms with van der Waals surface area (Å²) >= 11 is 0. The molecule has 2 unspecified atom stereocenters. The van der Waals surface area contributed by atoms with Crippen LogP contribution in [0.2, 0.25) is 0 Å². The van der Waals surface area contributed by atoms with Crippen molar-refractivity contribution in [3.8, 4) is 0 Å². The third-order valence-electron chi connectivity index (χ3n) is 2.14. The molecule has 0 spiro atoms. The van der Waals surface area contributed by atoms with Gasteiger partial charge in [-0.2, -0.15) is 0 Å². The van der Waals surface area contributed by atoms with Gasteiger partial charge in [0.25, 0.3) is 0 Å². The van der Waals surface area contributed by atoms with E-state index in [1.807, 2.05) is 0 Å². The molecule has 1 heterocycles. The Balaban J connectivity index is 2.09. The number of methoxy groups -OCH3 is 1. The average molecular weight is 190 g/mol. The van der Waals surface area contributed by atoms with E-state index in [2.05, 4.69) is 0 Å². The Labute approximate surface area is 78.8 Å². The standard InChI is InChI=1S/C9H18O4/c1-11-8(6-10)7-13-9-4-2-3-5-12-9/h8-10H,2-7H2,1H3. The largest absolute Gasteiger partial charge is 0.394 e. The lowest BCUT2D eigenvalue weighted by Gasteiger charge is -2.24. The van der Waals surface area contributed by atoms with Gasteiger partial charge in [-0.05, 0) is 19.3 Å². The maximum Gasteiger partial charge on any atom is 0.157 e. The highest BCUT2D eigenvalue weighted by molar-refractivity contribution is 4.57. The van der Waals surface area contributed by atoms with Crippen LogP contribution in [0.4, 0.5) is 0 Å². The van der Waals surface area contributed by atoms with Gasteiger partial charge in [-0.1, -0.05) is 0 Å². The normalized spacial score (nSPS) is 25.8. The third kappa shape index (κ3) is 4.04. The van der Waals surface area contributed by atoms with Gasteiger partial charge in [0.05, 0.1) is 13.2 Å². The SMILES string of the molecule is COC(CO)COC1CCCCO1. The van der Waals surface area contributed by atoms with E-state index >= 15 is 0 Å². The molecule has 1 aliphatic rings. The lowest BCUT2D eigenvalue weighted by Crippen LogP contribution is -2.29. The molecule has 1 rings (SSSR count). The highest BCUT2D eigenvalue weighted by Gasteiger charge is 2.16. The first kappa shape index (κ1) is 10.9. The highest BCUT2D eigenvalue weighted by atomic mass is 16.7. The van der Waals surface area contributed by atoms with E-state index in [0.717, 1.165) is 25.9 Å². The van der Waals surface area contributed by atoms with Crippen molar-refractivity contribution in [3.63, 3.8) is 0 Å². The Bertz CT molecular complexity index is 119. The average Bonchev–Trinajstić information content (AvgIpc) is 2.21. The summed E-state index contributed by atoms with van der Waals surface area (Å²) in [6.45, 7) is 1.17. The number of aliphatic hydroxyl groups excluding tert-OH is 1. The highest BCUT2D eigenvalue weighted by Crippen LogP contribution is 2.13. The Hall–Kier alpha value is -0.160. The third-order valence-corrected chi connectivity index (χ3v) is 2.14. The van der Waals surface area contributed by atoms with Gasteiger partial charge in [-0.25, -0.2) is 0 Å². The molecule has 0 aromatic carbocycles. The van der Waals surface area contributed by atoms with Crippen molar-refractivity contribution in [2.45, 2.75) is 31.7 Å². The first-order chi connectivity index (χ1) is 6.36. The van der Waals surface area contributed by atoms with Gasteiger partial charge >= 0.3 is 0 Å². The van der Waals surface area contributed by atoms with Gasteiger partial charge in [-0.15, -0.1) is 0 Å². The maximum atomic E-state index is 8.81. The Kier molecular flexibility index (Phi) is 5.31. The quantitative estimate of drug-likeness (QED) is 0.687. The summed E-state index contributed by atoms with van der Waals surface area (Å²) < 4.78 is 15.7. The summed E-state index contributed by atoms with van der Waals surface area (Å²) in [6, 6.07) is 0. The van der Waals surface area contributed by atoms with Crippen molar-refractivity contribution >= 4 is 0 Å². The summed E-state index contributed by atoms with van der Waals surface area (Å²) in [6.07, 6.45) is 2.89. The van der Waals surface area contributed by atoms with E-state index in [-0.39, 0.29) is 19.0 Å². The Morgan fingerprint density at radius 1 is 1.54 bits per heavy atom. The first-order valence-electron chi connectivity index (χ1n) is 4.73. The van der Waals surface area contributed by atoms with Crippen molar-refractivity contribution in [3.05, 3.63) is 0 Å². The predicted molar refractivity (Wildman–Crippen MR) is 47.4 cm³/mol. The molecular formula is C9H18O4. The zero-order valence-electron chi connectivity index (χ0n) is 8.07. The molecule has 0 aliphatic carbocycles. The van der Waals surface area contributed by atoms with Crippen molar-refractivity contribution in [2.24, 2.45) is 0 Å². The molecule has 1 fully saturated rings. The molecule has 0 amide bonds. The lowest BCUT2D eigenvalue weighted by atomic mass is 10.2. The molecule has 1 aliphatic heterocycles. The van der Waals surface area contributed by atoms with Crippen molar-refractivity contribution in [2.75, 3.05) is 26.9 Å². The predicted octanol–water partition coefficient (Wildman–Crippen LogP) is 0.537. The van der Waals surface area contributed by atoms with Crippen LogP contribution in [-0.2, 0) is 14.2 Å². The monoisotopic (exact) mass is 190 g/mol. The number of aliphatic hydroxyl groups is 1. The fourth-order valence-electron chi connectivity index (χ4n) is 1.25. The van der Waals surface area contributed by atoms with Crippen LogP contribution < -0.4 is 0 Å². The Morgan fingerprint density at radius 2 is 2.38 bits per heavy atom. The molecule has 78 valence electrons. The van der Waals surface area contributed by atoms with Crippen molar-refractivity contribution < 1.29 is 19.3 Å². The topological polar surface area (TPSA) is 47.9 Å². The van der Waals surface area contributed by atoms with E-state index in [0.29, 0.717) is 6.61 Å². The van der Waals surface area contributed by atoms with E-state index in [1.165, 1.54) is 0 Å². The summed E-state index contributed by atoms with van der Waals surface area (Å²) in [4.78, 5) is 0. The summed E-state index contributed by atoms with van der Waals surface area (Å²) in [5.74, 6) is 0. The number of rotatable bonds is 5. The Morgan fingerprint density at radius 3 is 2.92 bits per heavy atom. The molecule has 4 nitrogen and oxygen atoms in total. The van der Waals surface area contributed by atoms with E-state index < -0.39 is 0 Å². The van der Waals surface area contributed by atoms with Gasteiger partial charge in [0.15, 0.2) is 6.29 Å². The molecule has 1 N–H and O–H groups in total. The van der Waals surface area contributed by atoms with Crippen LogP contribution in [0.3, 0.4) is 0 Å². The van der Waals surface area contributed by atoms with Gasteiger partial charge in [0, 0.05) is 13.7 Å². The lowest BCUT2D eigenvalue weighted by molar-refractivity contribution is -0.180. The molecule has 0 bridgehead atoms. The molecule has 13 heavy (non-hydrogen) atoms. The van der Waals surface area contributed by atoms with Crippen molar-refractivity contribution in [1.29, 1.82) is 0 Å². The fourth-order valence-corrected chi connectivity index (χ4v) is 1.25. The molecular weight excluding hydrogens is 172 g/mol. The summed E-state index contributed by atoms with van der Waals surface area (Å²) in [5.41, 5.74) is 0. The number of ether oxygens (including phenoxy) is 3. The van der Waals surface area contributed by atoms with Crippen LogP contribution >= 0.6 is 0 Å². The second-order valence-corrected chi connectivity index (χ2v) is 3.17. The molecule has 0 aromatic rings. The second-order valence-electron chi connectivity index (χ2n) is 3.17. The summed E-state index contributed by atoms with van der Waals surface area (Å²) in [5, 5.41) is 8.81. The van der Waals surface area contributed by atoms with Crippen molar-refractivity contribution in [1.82, 2.24) is 0 Å². The van der Waals surface area contributed by atoms with E-state index in [1.54, 1.807) is 7.11 Å². The fraction of sp³-hybridized carbons (Fsp3) is 1.00. The van der Waals surface area contributed by atoms with Crippen LogP contribution in [0.15, 0.2) is 0 Å². The van der Waals surface area contributed by atoms with E-state index in [9.17, 15) is 0 Å². The minimum atomic E-state index is -0.231. The number of hydrogen-bond donors (Lipinski definition) is 1. The molecule has 0 aromatic heterocycles. The van der Waals surface area contributed by atoms with Crippen LogP contribution in [0.1, 0.15) is 19.3 Å². The minimum absolute atomic E-state index is 0.0107. The summed E-state index contributed by atoms with van der Waals surface area (Å²) in [7, 11) is 1.56. The molecule has 2 atom stereocenters. The number of hydrogen-bond acceptors (Lipinski definition) is 4. The molecule has 0 radical (unpaired) electrons. The van der Waals surface area contributed by atoms with Crippen LogP contribution in [0, 0.1) is 0 Å². The zero-order valence-corrected chi connectivity index (χ0v) is 8.07.